The first-order valence-electron chi connectivity index (χ1n) is 7.85. The first kappa shape index (κ1) is 19.1. The molecule has 0 radical (unpaired) electrons. The van der Waals surface area contributed by atoms with Crippen molar-refractivity contribution >= 4 is 35.2 Å². The van der Waals surface area contributed by atoms with Gasteiger partial charge in [0.05, 0.1) is 30.4 Å². The Kier molecular flexibility index (Phi) is 5.88. The number of halogens is 1. The zero-order valence-electron chi connectivity index (χ0n) is 14.9. The summed E-state index contributed by atoms with van der Waals surface area (Å²) in [5.41, 5.74) is 1.05. The van der Waals surface area contributed by atoms with Gasteiger partial charge in [-0.15, -0.1) is 16.9 Å². The van der Waals surface area contributed by atoms with E-state index in [1.807, 2.05) is 12.3 Å². The van der Waals surface area contributed by atoms with Crippen LogP contribution in [0, 0.1) is 0 Å². The number of carbonyl (C=O) groups is 1. The Morgan fingerprint density at radius 2 is 2.00 bits per heavy atom. The second-order valence-corrected chi connectivity index (χ2v) is 6.66. The number of nitrogens with one attached hydrogen (secondary N) is 2. The Morgan fingerprint density at radius 3 is 2.70 bits per heavy atom. The number of hydrogen-bond acceptors (Lipinski definition) is 6. The number of nitrogens with zero attached hydrogens (tertiary/aromatic N) is 2. The Labute approximate surface area is 165 Å². The normalized spacial score (nSPS) is 10.5. The Bertz CT molecular complexity index is 977. The van der Waals surface area contributed by atoms with E-state index in [9.17, 15) is 4.79 Å². The summed E-state index contributed by atoms with van der Waals surface area (Å²) in [6.45, 7) is 0. The van der Waals surface area contributed by atoms with Crippen LogP contribution in [0.25, 0.3) is 11.4 Å². The summed E-state index contributed by atoms with van der Waals surface area (Å²) in [6.07, 6.45) is 1.93. The first-order valence-corrected chi connectivity index (χ1v) is 9.45. The number of aromatic nitrogens is 3. The van der Waals surface area contributed by atoms with Crippen LogP contribution in [0.5, 0.6) is 11.5 Å². The highest BCUT2D eigenvalue weighted by Gasteiger charge is 2.16. The van der Waals surface area contributed by atoms with Gasteiger partial charge in [-0.1, -0.05) is 11.6 Å². The highest BCUT2D eigenvalue weighted by Crippen LogP contribution is 2.31. The molecule has 2 aromatic carbocycles. The van der Waals surface area contributed by atoms with E-state index in [1.165, 1.54) is 11.8 Å². The van der Waals surface area contributed by atoms with Gasteiger partial charge in [0, 0.05) is 11.0 Å². The van der Waals surface area contributed by atoms with Crippen molar-refractivity contribution in [3.8, 4) is 22.9 Å². The molecule has 0 atom stereocenters. The van der Waals surface area contributed by atoms with Gasteiger partial charge in [0.25, 0.3) is 5.91 Å². The fourth-order valence-electron chi connectivity index (χ4n) is 2.41. The second-order valence-electron chi connectivity index (χ2n) is 5.37. The fraction of sp³-hybridized carbons (Fsp3) is 0.167. The van der Waals surface area contributed by atoms with Crippen LogP contribution in [0.2, 0.25) is 5.02 Å². The number of carbonyl (C=O) groups excluding carboxylic acids is 1. The summed E-state index contributed by atoms with van der Waals surface area (Å²) >= 11 is 7.66. The number of benzene rings is 2. The zero-order valence-corrected chi connectivity index (χ0v) is 16.4. The smallest absolute Gasteiger partial charge is 0.259 e. The zero-order chi connectivity index (χ0) is 19.4. The highest BCUT2D eigenvalue weighted by molar-refractivity contribution is 7.98. The topological polar surface area (TPSA) is 89.1 Å². The van der Waals surface area contributed by atoms with E-state index in [-0.39, 0.29) is 11.9 Å². The SMILES string of the molecule is COc1ccc(-c2nc(NC(=O)c3cc(SC)ccc3Cl)n[nH]2)c(OC)c1. The number of anilines is 1. The minimum atomic E-state index is -0.386. The third-order valence-electron chi connectivity index (χ3n) is 3.79. The number of ether oxygens (including phenoxy) is 2. The van der Waals surface area contributed by atoms with Crippen LogP contribution in [0.3, 0.4) is 0 Å². The number of methoxy groups -OCH3 is 2. The van der Waals surface area contributed by atoms with Crippen LogP contribution in [-0.2, 0) is 0 Å². The summed E-state index contributed by atoms with van der Waals surface area (Å²) in [5.74, 6) is 1.43. The van der Waals surface area contributed by atoms with E-state index >= 15 is 0 Å². The molecule has 0 bridgehead atoms. The molecule has 1 aromatic heterocycles. The standard InChI is InChI=1S/C18H17ClN4O3S/c1-25-10-4-6-12(15(8-10)26-2)16-20-18(23-22-16)21-17(24)13-9-11(27-3)5-7-14(13)19/h4-9H,1-3H3,(H2,20,21,22,23,24). The minimum absolute atomic E-state index is 0.137. The van der Waals surface area contributed by atoms with Crippen LogP contribution in [-0.4, -0.2) is 41.6 Å². The van der Waals surface area contributed by atoms with E-state index in [0.29, 0.717) is 33.5 Å². The van der Waals surface area contributed by atoms with Crippen molar-refractivity contribution < 1.29 is 14.3 Å². The third kappa shape index (κ3) is 4.17. The van der Waals surface area contributed by atoms with Crippen molar-refractivity contribution in [1.29, 1.82) is 0 Å². The molecule has 0 fully saturated rings. The lowest BCUT2D eigenvalue weighted by Gasteiger charge is -2.08. The van der Waals surface area contributed by atoms with Crippen LogP contribution in [0.1, 0.15) is 10.4 Å². The summed E-state index contributed by atoms with van der Waals surface area (Å²) in [7, 11) is 3.13. The first-order chi connectivity index (χ1) is 13.0. The minimum Gasteiger partial charge on any atom is -0.497 e. The van der Waals surface area contributed by atoms with Crippen molar-refractivity contribution in [2.24, 2.45) is 0 Å². The predicted octanol–water partition coefficient (Wildman–Crippen LogP) is 4.12. The molecule has 0 aliphatic heterocycles. The quantitative estimate of drug-likeness (QED) is 0.601. The lowest BCUT2D eigenvalue weighted by Crippen LogP contribution is -2.13. The monoisotopic (exact) mass is 404 g/mol. The molecule has 140 valence electrons. The van der Waals surface area contributed by atoms with Crippen molar-refractivity contribution in [3.63, 3.8) is 0 Å². The molecule has 3 aromatic rings. The number of rotatable bonds is 6. The largest absolute Gasteiger partial charge is 0.497 e. The van der Waals surface area contributed by atoms with Gasteiger partial charge in [0.1, 0.15) is 11.5 Å². The number of thioether (sulfide) groups is 1. The van der Waals surface area contributed by atoms with Gasteiger partial charge in [-0.05, 0) is 36.6 Å². The number of H-pyrrole nitrogens is 1. The average Bonchev–Trinajstić information content (AvgIpc) is 3.15. The Hall–Kier alpha value is -2.71. The number of aromatic amines is 1. The van der Waals surface area contributed by atoms with E-state index < -0.39 is 0 Å². The molecule has 0 saturated heterocycles. The Morgan fingerprint density at radius 1 is 1.19 bits per heavy atom. The van der Waals surface area contributed by atoms with Gasteiger partial charge in [-0.2, -0.15) is 4.98 Å². The van der Waals surface area contributed by atoms with Crippen LogP contribution < -0.4 is 14.8 Å². The summed E-state index contributed by atoms with van der Waals surface area (Å²) < 4.78 is 10.6. The van der Waals surface area contributed by atoms with Crippen LogP contribution >= 0.6 is 23.4 Å². The van der Waals surface area contributed by atoms with E-state index in [1.54, 1.807) is 44.6 Å². The maximum atomic E-state index is 12.5. The molecule has 0 aliphatic carbocycles. The van der Waals surface area contributed by atoms with Crippen LogP contribution in [0.15, 0.2) is 41.3 Å². The number of amides is 1. The molecule has 0 aliphatic rings. The van der Waals surface area contributed by atoms with Gasteiger partial charge in [-0.25, -0.2) is 0 Å². The molecule has 9 heteroatoms. The summed E-state index contributed by atoms with van der Waals surface area (Å²) in [5, 5.41) is 9.85. The highest BCUT2D eigenvalue weighted by atomic mass is 35.5. The molecule has 1 heterocycles. The maximum Gasteiger partial charge on any atom is 0.259 e. The lowest BCUT2D eigenvalue weighted by atomic mass is 10.2. The molecule has 0 spiro atoms. The van der Waals surface area contributed by atoms with Gasteiger partial charge in [0.2, 0.25) is 5.95 Å². The maximum absolute atomic E-state index is 12.5. The lowest BCUT2D eigenvalue weighted by molar-refractivity contribution is 0.102. The molecule has 0 unspecified atom stereocenters. The average molecular weight is 405 g/mol. The summed E-state index contributed by atoms with van der Waals surface area (Å²) in [6, 6.07) is 10.6. The van der Waals surface area contributed by atoms with Crippen molar-refractivity contribution in [2.75, 3.05) is 25.8 Å². The molecular formula is C18H17ClN4O3S. The number of hydrogen-bond donors (Lipinski definition) is 2. The van der Waals surface area contributed by atoms with Crippen molar-refractivity contribution in [1.82, 2.24) is 15.2 Å². The van der Waals surface area contributed by atoms with Gasteiger partial charge in [0.15, 0.2) is 5.82 Å². The predicted molar refractivity (Wildman–Crippen MR) is 106 cm³/mol. The second kappa shape index (κ2) is 8.32. The molecule has 7 nitrogen and oxygen atoms in total. The van der Waals surface area contributed by atoms with E-state index in [0.717, 1.165) is 4.90 Å². The van der Waals surface area contributed by atoms with Gasteiger partial charge >= 0.3 is 0 Å². The molecule has 3 rings (SSSR count). The Balaban J connectivity index is 1.84. The third-order valence-corrected chi connectivity index (χ3v) is 4.85. The molecular weight excluding hydrogens is 388 g/mol. The van der Waals surface area contributed by atoms with E-state index in [2.05, 4.69) is 20.5 Å². The van der Waals surface area contributed by atoms with Crippen molar-refractivity contribution in [3.05, 3.63) is 47.0 Å². The molecule has 1 amide bonds. The molecule has 2 N–H and O–H groups in total. The molecule has 27 heavy (non-hydrogen) atoms. The van der Waals surface area contributed by atoms with Gasteiger partial charge in [-0.3, -0.25) is 15.2 Å². The van der Waals surface area contributed by atoms with Gasteiger partial charge < -0.3 is 9.47 Å². The fourth-order valence-corrected chi connectivity index (χ4v) is 3.05. The molecule has 0 saturated carbocycles. The summed E-state index contributed by atoms with van der Waals surface area (Å²) in [4.78, 5) is 17.8. The van der Waals surface area contributed by atoms with Crippen LogP contribution in [0.4, 0.5) is 5.95 Å². The van der Waals surface area contributed by atoms with Crippen molar-refractivity contribution in [2.45, 2.75) is 4.90 Å². The van der Waals surface area contributed by atoms with E-state index in [4.69, 9.17) is 21.1 Å².